The second-order valence-corrected chi connectivity index (χ2v) is 9.24. The van der Waals surface area contributed by atoms with Crippen LogP contribution in [0.25, 0.3) is 22.2 Å². The Morgan fingerprint density at radius 1 is 1.11 bits per heavy atom. The highest BCUT2D eigenvalue weighted by Crippen LogP contribution is 2.37. The summed E-state index contributed by atoms with van der Waals surface area (Å²) in [5.74, 6) is 2.02. The van der Waals surface area contributed by atoms with Crippen molar-refractivity contribution in [3.8, 4) is 22.6 Å². The van der Waals surface area contributed by atoms with Gasteiger partial charge >= 0.3 is 0 Å². The average molecular weight is 483 g/mol. The van der Waals surface area contributed by atoms with Gasteiger partial charge in [0.05, 0.1) is 11.4 Å². The number of aromatic nitrogens is 3. The van der Waals surface area contributed by atoms with Gasteiger partial charge in [0.1, 0.15) is 29.3 Å². The van der Waals surface area contributed by atoms with Gasteiger partial charge in [-0.1, -0.05) is 36.4 Å². The number of benzene rings is 2. The van der Waals surface area contributed by atoms with Crippen molar-refractivity contribution in [3.63, 3.8) is 0 Å². The summed E-state index contributed by atoms with van der Waals surface area (Å²) in [6, 6.07) is 17.7. The van der Waals surface area contributed by atoms with Crippen LogP contribution in [-0.2, 0) is 4.79 Å². The number of likely N-dealkylation sites (N-methyl/N-ethyl adjacent to an activating group) is 1. The molecule has 0 radical (unpaired) electrons. The maximum atomic E-state index is 12.7. The molecular weight excluding hydrogens is 452 g/mol. The highest BCUT2D eigenvalue weighted by Gasteiger charge is 2.29. The lowest BCUT2D eigenvalue weighted by Crippen LogP contribution is -2.27. The minimum Gasteiger partial charge on any atom is -0.457 e. The number of likely N-dealkylation sites (tertiary alicyclic amines) is 1. The third-order valence-corrected chi connectivity index (χ3v) is 6.38. The second kappa shape index (κ2) is 10.2. The largest absolute Gasteiger partial charge is 0.457 e. The zero-order chi connectivity index (χ0) is 25.1. The number of anilines is 1. The van der Waals surface area contributed by atoms with Crippen LogP contribution < -0.4 is 10.5 Å². The summed E-state index contributed by atoms with van der Waals surface area (Å²) in [4.78, 5) is 25.4. The molecule has 1 saturated heterocycles. The van der Waals surface area contributed by atoms with Gasteiger partial charge in [-0.15, -0.1) is 0 Å². The number of carbonyl (C=O) groups excluding carboxylic acids is 1. The van der Waals surface area contributed by atoms with Crippen LogP contribution in [0, 0.1) is 0 Å². The minimum absolute atomic E-state index is 0.0409. The number of nitrogen functional groups attached to an aromatic ring is 1. The Kier molecular flexibility index (Phi) is 6.69. The maximum Gasteiger partial charge on any atom is 0.246 e. The monoisotopic (exact) mass is 482 g/mol. The number of carbonyl (C=O) groups is 1. The fourth-order valence-electron chi connectivity index (χ4n) is 4.57. The quantitative estimate of drug-likeness (QED) is 0.394. The van der Waals surface area contributed by atoms with E-state index in [0.717, 1.165) is 46.6 Å². The Morgan fingerprint density at radius 3 is 2.61 bits per heavy atom. The molecule has 8 nitrogen and oxygen atoms in total. The molecule has 0 unspecified atom stereocenters. The van der Waals surface area contributed by atoms with Crippen LogP contribution in [0.3, 0.4) is 0 Å². The molecule has 2 aromatic heterocycles. The normalized spacial score (nSPS) is 15.9. The molecule has 0 aliphatic carbocycles. The van der Waals surface area contributed by atoms with Crippen LogP contribution in [0.5, 0.6) is 11.5 Å². The molecule has 36 heavy (non-hydrogen) atoms. The topological polar surface area (TPSA) is 89.5 Å². The Balaban J connectivity index is 1.40. The van der Waals surface area contributed by atoms with Crippen molar-refractivity contribution in [3.05, 3.63) is 79.3 Å². The fourth-order valence-corrected chi connectivity index (χ4v) is 4.57. The van der Waals surface area contributed by atoms with E-state index in [4.69, 9.17) is 10.5 Å². The average Bonchev–Trinajstić information content (AvgIpc) is 3.51. The van der Waals surface area contributed by atoms with Gasteiger partial charge < -0.3 is 24.8 Å². The molecule has 2 N–H and O–H groups in total. The van der Waals surface area contributed by atoms with Crippen molar-refractivity contribution < 1.29 is 9.53 Å². The van der Waals surface area contributed by atoms with Gasteiger partial charge in [0.2, 0.25) is 5.91 Å². The van der Waals surface area contributed by atoms with Crippen LogP contribution in [-0.4, -0.2) is 64.0 Å². The number of nitrogens with two attached hydrogens (primary N) is 1. The summed E-state index contributed by atoms with van der Waals surface area (Å²) in [5, 5.41) is 0.824. The summed E-state index contributed by atoms with van der Waals surface area (Å²) in [6.07, 6.45) is 8.00. The van der Waals surface area contributed by atoms with Crippen molar-refractivity contribution in [2.24, 2.45) is 0 Å². The highest BCUT2D eigenvalue weighted by molar-refractivity contribution is 6.00. The molecule has 184 valence electrons. The smallest absolute Gasteiger partial charge is 0.246 e. The number of fused-ring (bicyclic) bond motifs is 1. The number of ether oxygens (including phenoxy) is 1. The fraction of sp³-hybridized carbons (Fsp3) is 0.250. The Morgan fingerprint density at radius 2 is 1.86 bits per heavy atom. The third kappa shape index (κ3) is 4.94. The summed E-state index contributed by atoms with van der Waals surface area (Å²) >= 11 is 0. The first-order valence-corrected chi connectivity index (χ1v) is 12.0. The number of hydrogen-bond acceptors (Lipinski definition) is 6. The lowest BCUT2D eigenvalue weighted by molar-refractivity contribution is -0.125. The molecule has 4 aromatic rings. The first kappa shape index (κ1) is 23.6. The van der Waals surface area contributed by atoms with E-state index >= 15 is 0 Å². The van der Waals surface area contributed by atoms with Gasteiger partial charge in [-0.05, 0) is 50.3 Å². The van der Waals surface area contributed by atoms with Gasteiger partial charge in [0, 0.05) is 37.5 Å². The number of nitrogens with zero attached hydrogens (tertiary/aromatic N) is 5. The first-order chi connectivity index (χ1) is 17.5. The molecule has 1 aliphatic rings. The van der Waals surface area contributed by atoms with Crippen LogP contribution in [0.4, 0.5) is 5.82 Å². The van der Waals surface area contributed by atoms with E-state index in [0.29, 0.717) is 18.9 Å². The molecule has 0 saturated carbocycles. The van der Waals surface area contributed by atoms with E-state index in [9.17, 15) is 4.79 Å². The maximum absolute atomic E-state index is 12.7. The molecule has 1 amide bonds. The number of amides is 1. The molecule has 0 spiro atoms. The lowest BCUT2D eigenvalue weighted by Gasteiger charge is -2.16. The molecule has 1 aliphatic heterocycles. The van der Waals surface area contributed by atoms with E-state index in [1.165, 1.54) is 6.33 Å². The zero-order valence-electron chi connectivity index (χ0n) is 20.5. The molecular formula is C28H30N6O2. The summed E-state index contributed by atoms with van der Waals surface area (Å²) < 4.78 is 8.09. The van der Waals surface area contributed by atoms with E-state index in [-0.39, 0.29) is 11.9 Å². The SMILES string of the molecule is CN(C)C/C=C/C(=O)N1CC[C@@H](n2cc(-c3ccc(Oc4ccccc4)cc3)c3c(N)ncnc32)C1. The van der Waals surface area contributed by atoms with Crippen LogP contribution >= 0.6 is 0 Å². The standard InChI is InChI=1S/C28H30N6O2/c1-32(2)15-6-9-25(35)33-16-14-21(17-33)34-18-24(26-27(29)30-19-31-28(26)34)20-10-12-23(13-11-20)36-22-7-4-3-5-8-22/h3-13,18-19,21H,14-17H2,1-2H3,(H2,29,30,31)/b9-6+/t21-/m1/s1. The number of para-hydroxylation sites is 1. The van der Waals surface area contributed by atoms with Crippen molar-refractivity contribution in [2.75, 3.05) is 39.5 Å². The Bertz CT molecular complexity index is 1380. The van der Waals surface area contributed by atoms with E-state index < -0.39 is 0 Å². The van der Waals surface area contributed by atoms with Crippen LogP contribution in [0.1, 0.15) is 12.5 Å². The predicted octanol–water partition coefficient (Wildman–Crippen LogP) is 4.36. The number of hydrogen-bond donors (Lipinski definition) is 1. The first-order valence-electron chi connectivity index (χ1n) is 12.0. The lowest BCUT2D eigenvalue weighted by atomic mass is 10.1. The van der Waals surface area contributed by atoms with Gasteiger partial charge in [0.15, 0.2) is 0 Å². The van der Waals surface area contributed by atoms with Crippen LogP contribution in [0.15, 0.2) is 79.3 Å². The van der Waals surface area contributed by atoms with Crippen LogP contribution in [0.2, 0.25) is 0 Å². The van der Waals surface area contributed by atoms with Gasteiger partial charge in [-0.3, -0.25) is 4.79 Å². The van der Waals surface area contributed by atoms with Gasteiger partial charge in [0.25, 0.3) is 0 Å². The molecule has 0 bridgehead atoms. The number of rotatable bonds is 7. The van der Waals surface area contributed by atoms with Gasteiger partial charge in [-0.25, -0.2) is 9.97 Å². The predicted molar refractivity (Wildman–Crippen MR) is 142 cm³/mol. The van der Waals surface area contributed by atoms with E-state index in [1.807, 2.05) is 84.6 Å². The molecule has 1 fully saturated rings. The Labute approximate surface area is 210 Å². The van der Waals surface area contributed by atoms with Gasteiger partial charge in [-0.2, -0.15) is 0 Å². The minimum atomic E-state index is 0.0409. The van der Waals surface area contributed by atoms with Crippen molar-refractivity contribution in [1.82, 2.24) is 24.3 Å². The Hall–Kier alpha value is -4.17. The third-order valence-electron chi connectivity index (χ3n) is 6.38. The molecule has 5 rings (SSSR count). The van der Waals surface area contributed by atoms with Crippen molar-refractivity contribution in [2.45, 2.75) is 12.5 Å². The second-order valence-electron chi connectivity index (χ2n) is 9.24. The summed E-state index contributed by atoms with van der Waals surface area (Å²) in [7, 11) is 3.96. The zero-order valence-corrected chi connectivity index (χ0v) is 20.5. The molecule has 2 aromatic carbocycles. The van der Waals surface area contributed by atoms with E-state index in [1.54, 1.807) is 6.08 Å². The summed E-state index contributed by atoms with van der Waals surface area (Å²) in [5.41, 5.74) is 9.07. The molecule has 1 atom stereocenters. The summed E-state index contributed by atoms with van der Waals surface area (Å²) in [6.45, 7) is 2.07. The van der Waals surface area contributed by atoms with Crippen molar-refractivity contribution >= 4 is 22.8 Å². The molecule has 8 heteroatoms. The highest BCUT2D eigenvalue weighted by atomic mass is 16.5. The van der Waals surface area contributed by atoms with Crippen molar-refractivity contribution in [1.29, 1.82) is 0 Å². The van der Waals surface area contributed by atoms with E-state index in [2.05, 4.69) is 20.7 Å². The molecule has 3 heterocycles.